The lowest BCUT2D eigenvalue weighted by Crippen LogP contribution is -2.30. The molecular weight excluding hydrogens is 440 g/mol. The van der Waals surface area contributed by atoms with E-state index in [1.807, 2.05) is 13.0 Å². The molecule has 0 unspecified atom stereocenters. The summed E-state index contributed by atoms with van der Waals surface area (Å²) in [6.45, 7) is 4.06. The quantitative estimate of drug-likeness (QED) is 0.390. The molecule has 0 saturated carbocycles. The second-order valence-electron chi connectivity index (χ2n) is 7.78. The van der Waals surface area contributed by atoms with Crippen molar-refractivity contribution in [1.29, 1.82) is 0 Å². The fourth-order valence-corrected chi connectivity index (χ4v) is 4.87. The van der Waals surface area contributed by atoms with Gasteiger partial charge in [0.1, 0.15) is 11.5 Å². The average Bonchev–Trinajstić information content (AvgIpc) is 3.49. The number of nitrogens with zero attached hydrogens (tertiary/aromatic N) is 1. The van der Waals surface area contributed by atoms with E-state index in [1.54, 1.807) is 78.9 Å². The summed E-state index contributed by atoms with van der Waals surface area (Å²) in [6, 6.07) is 18.8. The number of carbonyl (C=O) groups excluding carboxylic acids is 1. The Morgan fingerprint density at radius 1 is 0.879 bits per heavy atom. The Morgan fingerprint density at radius 2 is 1.55 bits per heavy atom. The zero-order valence-electron chi connectivity index (χ0n) is 18.3. The predicted octanol–water partition coefficient (Wildman–Crippen LogP) is 5.13. The SMILES string of the molecule is Cc1ccc(C)c(S(=O)(=O)Nc2cccc(C(=O)N(Cc3ccco3)Cc3ccco3)c2)c1. The summed E-state index contributed by atoms with van der Waals surface area (Å²) in [4.78, 5) is 15.1. The molecule has 0 radical (unpaired) electrons. The third-order valence-corrected chi connectivity index (χ3v) is 6.66. The van der Waals surface area contributed by atoms with Crippen molar-refractivity contribution in [3.05, 3.63) is 107 Å². The Labute approximate surface area is 192 Å². The average molecular weight is 465 g/mol. The molecular formula is C25H24N2O5S. The van der Waals surface area contributed by atoms with Gasteiger partial charge >= 0.3 is 0 Å². The van der Waals surface area contributed by atoms with E-state index >= 15 is 0 Å². The molecule has 0 aliphatic carbocycles. The molecule has 0 bridgehead atoms. The number of benzene rings is 2. The molecule has 0 saturated heterocycles. The summed E-state index contributed by atoms with van der Waals surface area (Å²) < 4.78 is 39.4. The lowest BCUT2D eigenvalue weighted by Gasteiger charge is -2.21. The van der Waals surface area contributed by atoms with Crippen LogP contribution in [0.3, 0.4) is 0 Å². The predicted molar refractivity (Wildman–Crippen MR) is 124 cm³/mol. The molecule has 0 aliphatic heterocycles. The molecule has 0 aliphatic rings. The molecule has 0 fully saturated rings. The molecule has 1 amide bonds. The number of hydrogen-bond acceptors (Lipinski definition) is 5. The van der Waals surface area contributed by atoms with Crippen molar-refractivity contribution >= 4 is 21.6 Å². The van der Waals surface area contributed by atoms with Gasteiger partial charge in [-0.2, -0.15) is 0 Å². The van der Waals surface area contributed by atoms with Crippen LogP contribution < -0.4 is 4.72 Å². The van der Waals surface area contributed by atoms with Crippen molar-refractivity contribution in [2.75, 3.05) is 4.72 Å². The number of aryl methyl sites for hydroxylation is 2. The Kier molecular flexibility index (Phi) is 6.37. The van der Waals surface area contributed by atoms with Crippen LogP contribution in [0, 0.1) is 13.8 Å². The maximum absolute atomic E-state index is 13.3. The summed E-state index contributed by atoms with van der Waals surface area (Å²) in [5.41, 5.74) is 2.13. The van der Waals surface area contributed by atoms with Gasteiger partial charge in [0.15, 0.2) is 0 Å². The fraction of sp³-hybridized carbons (Fsp3) is 0.160. The summed E-state index contributed by atoms with van der Waals surface area (Å²) in [7, 11) is -3.82. The molecule has 0 spiro atoms. The fourth-order valence-electron chi connectivity index (χ4n) is 3.49. The van der Waals surface area contributed by atoms with Crippen LogP contribution in [0.2, 0.25) is 0 Å². The first-order valence-corrected chi connectivity index (χ1v) is 11.8. The van der Waals surface area contributed by atoms with Crippen LogP contribution in [0.4, 0.5) is 5.69 Å². The van der Waals surface area contributed by atoms with E-state index in [1.165, 1.54) is 6.07 Å². The number of furan rings is 2. The Balaban J connectivity index is 1.59. The minimum Gasteiger partial charge on any atom is -0.467 e. The van der Waals surface area contributed by atoms with Gasteiger partial charge in [-0.15, -0.1) is 0 Å². The van der Waals surface area contributed by atoms with Gasteiger partial charge in [0, 0.05) is 11.3 Å². The minimum atomic E-state index is -3.82. The molecule has 170 valence electrons. The molecule has 0 atom stereocenters. The lowest BCUT2D eigenvalue weighted by atomic mass is 10.1. The van der Waals surface area contributed by atoms with Crippen molar-refractivity contribution in [3.63, 3.8) is 0 Å². The number of hydrogen-bond donors (Lipinski definition) is 1. The zero-order valence-corrected chi connectivity index (χ0v) is 19.1. The van der Waals surface area contributed by atoms with Crippen LogP contribution in [0.15, 0.2) is 93.0 Å². The number of rotatable bonds is 8. The molecule has 1 N–H and O–H groups in total. The summed E-state index contributed by atoms with van der Waals surface area (Å²) >= 11 is 0. The Bertz CT molecular complexity index is 1310. The number of sulfonamides is 1. The highest BCUT2D eigenvalue weighted by Crippen LogP contribution is 2.22. The molecule has 8 heteroatoms. The van der Waals surface area contributed by atoms with Gasteiger partial charge in [0.2, 0.25) is 0 Å². The number of carbonyl (C=O) groups is 1. The molecule has 2 heterocycles. The van der Waals surface area contributed by atoms with Crippen LogP contribution in [0.5, 0.6) is 0 Å². The van der Waals surface area contributed by atoms with Crippen molar-refractivity contribution < 1.29 is 22.0 Å². The van der Waals surface area contributed by atoms with E-state index in [4.69, 9.17) is 8.83 Å². The normalized spacial score (nSPS) is 11.3. The van der Waals surface area contributed by atoms with Gasteiger partial charge in [0.05, 0.1) is 30.5 Å². The van der Waals surface area contributed by atoms with Gasteiger partial charge in [-0.3, -0.25) is 9.52 Å². The Hall–Kier alpha value is -3.78. The van der Waals surface area contributed by atoms with Crippen LogP contribution in [-0.4, -0.2) is 19.2 Å². The lowest BCUT2D eigenvalue weighted by molar-refractivity contribution is 0.0705. The van der Waals surface area contributed by atoms with Crippen molar-refractivity contribution in [2.45, 2.75) is 31.8 Å². The van der Waals surface area contributed by atoms with Gasteiger partial charge in [0.25, 0.3) is 15.9 Å². The van der Waals surface area contributed by atoms with Crippen LogP contribution in [0.1, 0.15) is 33.0 Å². The first-order valence-electron chi connectivity index (χ1n) is 10.4. The summed E-state index contributed by atoms with van der Waals surface area (Å²) in [5.74, 6) is 0.971. The van der Waals surface area contributed by atoms with E-state index in [0.29, 0.717) is 28.3 Å². The van der Waals surface area contributed by atoms with E-state index in [2.05, 4.69) is 4.72 Å². The highest BCUT2D eigenvalue weighted by atomic mass is 32.2. The maximum Gasteiger partial charge on any atom is 0.262 e. The van der Waals surface area contributed by atoms with Crippen molar-refractivity contribution in [2.24, 2.45) is 0 Å². The van der Waals surface area contributed by atoms with E-state index in [-0.39, 0.29) is 23.9 Å². The molecule has 2 aromatic carbocycles. The molecule has 4 rings (SSSR count). The van der Waals surface area contributed by atoms with Gasteiger partial charge < -0.3 is 13.7 Å². The maximum atomic E-state index is 13.3. The second kappa shape index (κ2) is 9.38. The van der Waals surface area contributed by atoms with E-state index in [9.17, 15) is 13.2 Å². The third kappa shape index (κ3) is 5.35. The number of amides is 1. The van der Waals surface area contributed by atoms with Crippen molar-refractivity contribution in [1.82, 2.24) is 4.90 Å². The summed E-state index contributed by atoms with van der Waals surface area (Å²) in [6.07, 6.45) is 3.10. The monoisotopic (exact) mass is 464 g/mol. The molecule has 33 heavy (non-hydrogen) atoms. The molecule has 7 nitrogen and oxygen atoms in total. The highest BCUT2D eigenvalue weighted by Gasteiger charge is 2.21. The van der Waals surface area contributed by atoms with Gasteiger partial charge in [-0.1, -0.05) is 18.2 Å². The smallest absolute Gasteiger partial charge is 0.262 e. The van der Waals surface area contributed by atoms with Crippen LogP contribution >= 0.6 is 0 Å². The Morgan fingerprint density at radius 3 is 2.15 bits per heavy atom. The highest BCUT2D eigenvalue weighted by molar-refractivity contribution is 7.92. The first-order chi connectivity index (χ1) is 15.8. The van der Waals surface area contributed by atoms with Crippen molar-refractivity contribution in [3.8, 4) is 0 Å². The third-order valence-electron chi connectivity index (χ3n) is 5.14. The minimum absolute atomic E-state index is 0.205. The number of anilines is 1. The number of nitrogens with one attached hydrogen (secondary N) is 1. The molecule has 4 aromatic rings. The van der Waals surface area contributed by atoms with Gasteiger partial charge in [-0.05, 0) is 73.5 Å². The summed E-state index contributed by atoms with van der Waals surface area (Å²) in [5, 5.41) is 0. The topological polar surface area (TPSA) is 92.8 Å². The molecule has 2 aromatic heterocycles. The first kappa shape index (κ1) is 22.4. The van der Waals surface area contributed by atoms with E-state index in [0.717, 1.165) is 5.56 Å². The second-order valence-corrected chi connectivity index (χ2v) is 9.43. The van der Waals surface area contributed by atoms with Crippen LogP contribution in [0.25, 0.3) is 0 Å². The van der Waals surface area contributed by atoms with E-state index < -0.39 is 10.0 Å². The zero-order chi connectivity index (χ0) is 23.4. The largest absolute Gasteiger partial charge is 0.467 e. The standard InChI is InChI=1S/C25H24N2O5S/c1-18-10-11-19(2)24(14-18)33(29,30)26-21-7-3-6-20(15-21)25(28)27(16-22-8-4-12-31-22)17-23-9-5-13-32-23/h3-15,26H,16-17H2,1-2H3. The van der Waals surface area contributed by atoms with Crippen LogP contribution in [-0.2, 0) is 23.1 Å². The van der Waals surface area contributed by atoms with Gasteiger partial charge in [-0.25, -0.2) is 8.42 Å².